The number of ether oxygens (including phenoxy) is 1. The summed E-state index contributed by atoms with van der Waals surface area (Å²) >= 11 is 0. The van der Waals surface area contributed by atoms with Crippen molar-refractivity contribution in [3.63, 3.8) is 0 Å². The molecule has 1 aliphatic heterocycles. The predicted octanol–water partition coefficient (Wildman–Crippen LogP) is 0.897. The maximum Gasteiger partial charge on any atom is 0.227 e. The van der Waals surface area contributed by atoms with Crippen LogP contribution in [0.2, 0.25) is 0 Å². The van der Waals surface area contributed by atoms with Crippen LogP contribution in [0.4, 0.5) is 0 Å². The second kappa shape index (κ2) is 6.85. The van der Waals surface area contributed by atoms with Gasteiger partial charge in [0.25, 0.3) is 0 Å². The van der Waals surface area contributed by atoms with E-state index in [1.165, 1.54) is 0 Å². The zero-order chi connectivity index (χ0) is 14.5. The molecule has 2 heterocycles. The number of H-pyrrole nitrogens is 1. The Hall–Kier alpha value is -1.40. The lowest BCUT2D eigenvalue weighted by Gasteiger charge is -2.40. The van der Waals surface area contributed by atoms with Crippen LogP contribution >= 0.6 is 0 Å². The van der Waals surface area contributed by atoms with E-state index in [-0.39, 0.29) is 17.9 Å². The van der Waals surface area contributed by atoms with Crippen LogP contribution < -0.4 is 0 Å². The van der Waals surface area contributed by atoms with Crippen LogP contribution in [0.15, 0.2) is 12.4 Å². The van der Waals surface area contributed by atoms with Crippen LogP contribution in [0.3, 0.4) is 0 Å². The van der Waals surface area contributed by atoms with Crippen LogP contribution in [-0.4, -0.2) is 65.6 Å². The smallest absolute Gasteiger partial charge is 0.227 e. The van der Waals surface area contributed by atoms with Gasteiger partial charge in [-0.05, 0) is 6.54 Å². The minimum Gasteiger partial charge on any atom is -0.384 e. The first kappa shape index (κ1) is 15.0. The maximum atomic E-state index is 12.4. The van der Waals surface area contributed by atoms with E-state index >= 15 is 0 Å². The van der Waals surface area contributed by atoms with E-state index in [0.717, 1.165) is 25.5 Å². The molecule has 0 unspecified atom stereocenters. The highest BCUT2D eigenvalue weighted by Gasteiger charge is 2.32. The monoisotopic (exact) mass is 280 g/mol. The summed E-state index contributed by atoms with van der Waals surface area (Å²) in [6.45, 7) is 7.83. The molecule has 0 aliphatic carbocycles. The van der Waals surface area contributed by atoms with Gasteiger partial charge in [-0.25, -0.2) is 4.98 Å². The van der Waals surface area contributed by atoms with Crippen molar-refractivity contribution in [2.24, 2.45) is 5.92 Å². The highest BCUT2D eigenvalue weighted by molar-refractivity contribution is 5.78. The van der Waals surface area contributed by atoms with Crippen molar-refractivity contribution in [2.45, 2.75) is 19.9 Å². The number of imidazole rings is 1. The van der Waals surface area contributed by atoms with E-state index in [1.807, 2.05) is 18.0 Å². The first-order valence-electron chi connectivity index (χ1n) is 7.18. The summed E-state index contributed by atoms with van der Waals surface area (Å²) in [5.74, 6) is 1.01. The highest BCUT2D eigenvalue weighted by Crippen LogP contribution is 2.23. The van der Waals surface area contributed by atoms with Crippen molar-refractivity contribution in [2.75, 3.05) is 39.9 Å². The molecule has 0 radical (unpaired) electrons. The third-order valence-electron chi connectivity index (χ3n) is 3.88. The van der Waals surface area contributed by atoms with E-state index in [2.05, 4.69) is 21.8 Å². The summed E-state index contributed by atoms with van der Waals surface area (Å²) in [6, 6.07) is 0.155. The summed E-state index contributed by atoms with van der Waals surface area (Å²) in [7, 11) is 1.63. The number of aromatic amines is 1. The van der Waals surface area contributed by atoms with Gasteiger partial charge in [-0.15, -0.1) is 0 Å². The lowest BCUT2D eigenvalue weighted by atomic mass is 10.1. The molecule has 1 saturated heterocycles. The molecule has 6 heteroatoms. The fraction of sp³-hybridized carbons (Fsp3) is 0.714. The second-order valence-electron chi connectivity index (χ2n) is 5.26. The molecule has 1 aromatic heterocycles. The lowest BCUT2D eigenvalue weighted by molar-refractivity contribution is -0.139. The summed E-state index contributed by atoms with van der Waals surface area (Å²) in [4.78, 5) is 24.2. The van der Waals surface area contributed by atoms with Gasteiger partial charge >= 0.3 is 0 Å². The molecule has 1 N–H and O–H groups in total. The highest BCUT2D eigenvalue weighted by atomic mass is 16.5. The molecule has 0 bridgehead atoms. The van der Waals surface area contributed by atoms with Gasteiger partial charge in [0, 0.05) is 39.1 Å². The summed E-state index contributed by atoms with van der Waals surface area (Å²) < 4.78 is 5.08. The predicted molar refractivity (Wildman–Crippen MR) is 76.2 cm³/mol. The molecule has 20 heavy (non-hydrogen) atoms. The Bertz CT molecular complexity index is 421. The van der Waals surface area contributed by atoms with Crippen LogP contribution in [0.25, 0.3) is 0 Å². The average Bonchev–Trinajstić information content (AvgIpc) is 3.00. The van der Waals surface area contributed by atoms with E-state index in [4.69, 9.17) is 4.74 Å². The number of nitrogens with one attached hydrogen (secondary N) is 1. The van der Waals surface area contributed by atoms with Crippen molar-refractivity contribution >= 4 is 5.91 Å². The molecule has 1 aliphatic rings. The summed E-state index contributed by atoms with van der Waals surface area (Å²) in [5, 5.41) is 0. The normalized spacial score (nSPS) is 21.9. The zero-order valence-electron chi connectivity index (χ0n) is 12.5. The lowest BCUT2D eigenvalue weighted by Crippen LogP contribution is -2.52. The zero-order valence-corrected chi connectivity index (χ0v) is 12.5. The van der Waals surface area contributed by atoms with Gasteiger partial charge in [-0.3, -0.25) is 9.69 Å². The largest absolute Gasteiger partial charge is 0.384 e. The van der Waals surface area contributed by atoms with Gasteiger partial charge in [0.2, 0.25) is 5.91 Å². The van der Waals surface area contributed by atoms with Crippen molar-refractivity contribution in [1.82, 2.24) is 19.8 Å². The Morgan fingerprint density at radius 3 is 3.00 bits per heavy atom. The Balaban J connectivity index is 2.06. The molecule has 1 amide bonds. The van der Waals surface area contributed by atoms with E-state index < -0.39 is 0 Å². The first-order chi connectivity index (χ1) is 9.67. The van der Waals surface area contributed by atoms with Crippen molar-refractivity contribution < 1.29 is 9.53 Å². The molecule has 0 spiro atoms. The number of carbonyl (C=O) groups is 1. The minimum absolute atomic E-state index is 0.0922. The molecule has 2 atom stereocenters. The van der Waals surface area contributed by atoms with Gasteiger partial charge < -0.3 is 14.6 Å². The average molecular weight is 280 g/mol. The Labute approximate surface area is 120 Å². The van der Waals surface area contributed by atoms with E-state index in [9.17, 15) is 4.79 Å². The number of likely N-dealkylation sites (N-methyl/N-ethyl adjacent to an activating group) is 1. The quantitative estimate of drug-likeness (QED) is 0.870. The van der Waals surface area contributed by atoms with Gasteiger partial charge in [-0.1, -0.05) is 13.8 Å². The third kappa shape index (κ3) is 3.19. The van der Waals surface area contributed by atoms with Crippen LogP contribution in [0.5, 0.6) is 0 Å². The number of hydrogen-bond donors (Lipinski definition) is 1. The molecular formula is C14H24N4O2. The number of methoxy groups -OCH3 is 1. The van der Waals surface area contributed by atoms with E-state index in [1.54, 1.807) is 13.3 Å². The van der Waals surface area contributed by atoms with Gasteiger partial charge in [0.1, 0.15) is 5.82 Å². The van der Waals surface area contributed by atoms with Crippen LogP contribution in [0.1, 0.15) is 25.7 Å². The van der Waals surface area contributed by atoms with Gasteiger partial charge in [0.15, 0.2) is 0 Å². The van der Waals surface area contributed by atoms with Crippen LogP contribution in [0, 0.1) is 5.92 Å². The molecule has 6 nitrogen and oxygen atoms in total. The van der Waals surface area contributed by atoms with E-state index in [0.29, 0.717) is 13.2 Å². The van der Waals surface area contributed by atoms with Crippen LogP contribution in [-0.2, 0) is 9.53 Å². The molecule has 112 valence electrons. The molecule has 2 rings (SSSR count). The Morgan fingerprint density at radius 1 is 1.60 bits per heavy atom. The second-order valence-corrected chi connectivity index (χ2v) is 5.26. The number of rotatable bonds is 5. The number of nitrogens with zero attached hydrogens (tertiary/aromatic N) is 3. The maximum absolute atomic E-state index is 12.4. The standard InChI is InChI=1S/C14H24N4O2/c1-4-17-7-8-18(14(19)11(2)10-20-3)9-12(17)13-15-5-6-16-13/h5-6,11-12H,4,7-10H2,1-3H3,(H,15,16)/t11-,12+/m0/s1. The van der Waals surface area contributed by atoms with Crippen molar-refractivity contribution in [3.05, 3.63) is 18.2 Å². The molecule has 1 aromatic rings. The van der Waals surface area contributed by atoms with Crippen molar-refractivity contribution in [1.29, 1.82) is 0 Å². The van der Waals surface area contributed by atoms with Crippen molar-refractivity contribution in [3.8, 4) is 0 Å². The molecule has 0 aromatic carbocycles. The first-order valence-corrected chi connectivity index (χ1v) is 7.18. The number of piperazine rings is 1. The minimum atomic E-state index is -0.0922. The van der Waals surface area contributed by atoms with Gasteiger partial charge in [0.05, 0.1) is 18.6 Å². The molecule has 0 saturated carbocycles. The molecular weight excluding hydrogens is 256 g/mol. The Morgan fingerprint density at radius 2 is 2.40 bits per heavy atom. The fourth-order valence-corrected chi connectivity index (χ4v) is 2.75. The topological polar surface area (TPSA) is 61.5 Å². The SMILES string of the molecule is CCN1CCN(C(=O)[C@@H](C)COC)C[C@@H]1c1ncc[nH]1. The molecule has 1 fully saturated rings. The number of carbonyl (C=O) groups excluding carboxylic acids is 1. The number of aromatic nitrogens is 2. The summed E-state index contributed by atoms with van der Waals surface area (Å²) in [6.07, 6.45) is 3.59. The Kier molecular flexibility index (Phi) is 5.14. The third-order valence-corrected chi connectivity index (χ3v) is 3.88. The fourth-order valence-electron chi connectivity index (χ4n) is 2.75. The number of amides is 1. The van der Waals surface area contributed by atoms with Gasteiger partial charge in [-0.2, -0.15) is 0 Å². The summed E-state index contributed by atoms with van der Waals surface area (Å²) in [5.41, 5.74) is 0. The number of hydrogen-bond acceptors (Lipinski definition) is 4.